The summed E-state index contributed by atoms with van der Waals surface area (Å²) in [4.78, 5) is 12.2. The molecule has 0 atom stereocenters. The van der Waals surface area contributed by atoms with E-state index >= 15 is 0 Å². The number of hydrogen-bond acceptors (Lipinski definition) is 2. The number of carbonyl (C=O) groups is 1. The molecule has 2 rings (SSSR count). The second kappa shape index (κ2) is 5.85. The van der Waals surface area contributed by atoms with Gasteiger partial charge in [-0.25, -0.2) is 4.79 Å². The van der Waals surface area contributed by atoms with E-state index in [-0.39, 0.29) is 0 Å². The summed E-state index contributed by atoms with van der Waals surface area (Å²) >= 11 is 1.47. The summed E-state index contributed by atoms with van der Waals surface area (Å²) in [6.07, 6.45) is 2.70. The van der Waals surface area contributed by atoms with Crippen LogP contribution in [-0.4, -0.2) is 11.1 Å². The monoisotopic (exact) mass is 254 g/mol. The topological polar surface area (TPSA) is 37.3 Å². The molecule has 0 bridgehead atoms. The van der Waals surface area contributed by atoms with Gasteiger partial charge in [0.05, 0.1) is 4.88 Å². The summed E-state index contributed by atoms with van der Waals surface area (Å²) in [7, 11) is 0. The van der Waals surface area contributed by atoms with E-state index in [0.29, 0.717) is 0 Å². The molecule has 0 amide bonds. The highest BCUT2D eigenvalue weighted by molar-refractivity contribution is 7.13. The van der Waals surface area contributed by atoms with Crippen molar-refractivity contribution < 1.29 is 9.90 Å². The van der Waals surface area contributed by atoms with Crippen molar-refractivity contribution in [2.24, 2.45) is 0 Å². The lowest BCUT2D eigenvalue weighted by Gasteiger charge is -1.85. The third-order valence-corrected chi connectivity index (χ3v) is 3.09. The van der Waals surface area contributed by atoms with E-state index in [1.807, 2.05) is 42.5 Å². The number of aliphatic carboxylic acids is 1. The Morgan fingerprint density at radius 2 is 1.89 bits per heavy atom. The third kappa shape index (κ3) is 3.62. The summed E-state index contributed by atoms with van der Waals surface area (Å²) in [5.74, 6) is 5.17. The van der Waals surface area contributed by atoms with Gasteiger partial charge in [-0.15, -0.1) is 11.3 Å². The van der Waals surface area contributed by atoms with E-state index in [4.69, 9.17) is 5.11 Å². The number of rotatable bonds is 2. The molecule has 0 saturated carbocycles. The quantitative estimate of drug-likeness (QED) is 0.660. The van der Waals surface area contributed by atoms with Crippen LogP contribution >= 0.6 is 11.3 Å². The van der Waals surface area contributed by atoms with Gasteiger partial charge in [-0.3, -0.25) is 0 Å². The Kier molecular flexibility index (Phi) is 3.95. The second-order valence-corrected chi connectivity index (χ2v) is 4.60. The Morgan fingerprint density at radius 3 is 2.61 bits per heavy atom. The van der Waals surface area contributed by atoms with Crippen LogP contribution in [0.2, 0.25) is 0 Å². The zero-order valence-corrected chi connectivity index (χ0v) is 10.3. The van der Waals surface area contributed by atoms with Crippen LogP contribution in [-0.2, 0) is 4.79 Å². The molecule has 88 valence electrons. The molecule has 0 aliphatic carbocycles. The van der Waals surface area contributed by atoms with Gasteiger partial charge in [-0.05, 0) is 30.3 Å². The Labute approximate surface area is 109 Å². The number of thiophene rings is 1. The Balaban J connectivity index is 2.12. The van der Waals surface area contributed by atoms with E-state index in [0.717, 1.165) is 21.4 Å². The highest BCUT2D eigenvalue weighted by atomic mass is 32.1. The van der Waals surface area contributed by atoms with E-state index in [2.05, 4.69) is 11.8 Å². The molecule has 0 saturated heterocycles. The highest BCUT2D eigenvalue weighted by Crippen LogP contribution is 2.16. The molecular weight excluding hydrogens is 244 g/mol. The Bertz CT molecular complexity index is 627. The predicted octanol–water partition coefficient (Wildman–Crippen LogP) is 3.25. The van der Waals surface area contributed by atoms with E-state index < -0.39 is 5.97 Å². The van der Waals surface area contributed by atoms with Gasteiger partial charge in [-0.1, -0.05) is 30.0 Å². The van der Waals surface area contributed by atoms with E-state index in [1.165, 1.54) is 11.3 Å². The number of carboxylic acids is 1. The fourth-order valence-corrected chi connectivity index (χ4v) is 2.08. The number of carboxylic acid groups (broad SMARTS) is 1. The van der Waals surface area contributed by atoms with Crippen LogP contribution in [0.1, 0.15) is 15.3 Å². The van der Waals surface area contributed by atoms with Crippen molar-refractivity contribution in [3.05, 3.63) is 63.9 Å². The lowest BCUT2D eigenvalue weighted by Crippen LogP contribution is -1.84. The summed E-state index contributed by atoms with van der Waals surface area (Å²) in [5, 5.41) is 8.52. The molecule has 0 aliphatic rings. The molecule has 0 spiro atoms. The van der Waals surface area contributed by atoms with Crippen LogP contribution in [0.25, 0.3) is 6.08 Å². The summed E-state index contributed by atoms with van der Waals surface area (Å²) in [6, 6.07) is 13.5. The standard InChI is InChI=1S/C15H10O2S/c16-15(17)11-10-14-9-8-13(18-14)7-6-12-4-2-1-3-5-12/h1-5,8-11H,(H,16,17)/b11-10+. The minimum Gasteiger partial charge on any atom is -0.478 e. The average Bonchev–Trinajstić information content (AvgIpc) is 2.83. The van der Waals surface area contributed by atoms with Crippen molar-refractivity contribution in [3.63, 3.8) is 0 Å². The number of hydrogen-bond donors (Lipinski definition) is 1. The first-order chi connectivity index (χ1) is 8.74. The maximum Gasteiger partial charge on any atom is 0.328 e. The second-order valence-electron chi connectivity index (χ2n) is 3.49. The molecule has 3 heteroatoms. The van der Waals surface area contributed by atoms with Crippen molar-refractivity contribution in [2.45, 2.75) is 0 Å². The van der Waals surface area contributed by atoms with Crippen molar-refractivity contribution >= 4 is 23.4 Å². The Morgan fingerprint density at radius 1 is 1.11 bits per heavy atom. The maximum absolute atomic E-state index is 10.4. The minimum absolute atomic E-state index is 0.884. The molecule has 1 aromatic heterocycles. The largest absolute Gasteiger partial charge is 0.478 e. The van der Waals surface area contributed by atoms with Crippen molar-refractivity contribution in [1.82, 2.24) is 0 Å². The van der Waals surface area contributed by atoms with Crippen LogP contribution in [0.4, 0.5) is 0 Å². The molecule has 18 heavy (non-hydrogen) atoms. The van der Waals surface area contributed by atoms with Gasteiger partial charge < -0.3 is 5.11 Å². The fraction of sp³-hybridized carbons (Fsp3) is 0. The lowest BCUT2D eigenvalue weighted by atomic mass is 10.2. The van der Waals surface area contributed by atoms with E-state index in [1.54, 1.807) is 6.08 Å². The number of benzene rings is 1. The fourth-order valence-electron chi connectivity index (χ4n) is 1.32. The highest BCUT2D eigenvalue weighted by Gasteiger charge is 1.95. The van der Waals surface area contributed by atoms with Crippen molar-refractivity contribution in [3.8, 4) is 11.8 Å². The van der Waals surface area contributed by atoms with Gasteiger partial charge in [0.1, 0.15) is 0 Å². The molecular formula is C15H10O2S. The van der Waals surface area contributed by atoms with E-state index in [9.17, 15) is 4.79 Å². The van der Waals surface area contributed by atoms with Crippen LogP contribution < -0.4 is 0 Å². The SMILES string of the molecule is O=C(O)/C=C/c1ccc(C#Cc2ccccc2)s1. The first-order valence-corrected chi connectivity index (χ1v) is 6.13. The molecule has 1 N–H and O–H groups in total. The van der Waals surface area contributed by atoms with Crippen molar-refractivity contribution in [1.29, 1.82) is 0 Å². The molecule has 1 aromatic carbocycles. The van der Waals surface area contributed by atoms with Gasteiger partial charge in [0.2, 0.25) is 0 Å². The third-order valence-electron chi connectivity index (χ3n) is 2.12. The van der Waals surface area contributed by atoms with Gasteiger partial charge in [0, 0.05) is 16.5 Å². The van der Waals surface area contributed by atoms with Gasteiger partial charge >= 0.3 is 5.97 Å². The van der Waals surface area contributed by atoms with Crippen LogP contribution in [0.3, 0.4) is 0 Å². The normalized spacial score (nSPS) is 10.0. The molecule has 0 fully saturated rings. The van der Waals surface area contributed by atoms with Crippen LogP contribution in [0.5, 0.6) is 0 Å². The molecule has 2 aromatic rings. The van der Waals surface area contributed by atoms with Crippen LogP contribution in [0, 0.1) is 11.8 Å². The molecule has 0 radical (unpaired) electrons. The zero-order chi connectivity index (χ0) is 12.8. The minimum atomic E-state index is -0.944. The smallest absolute Gasteiger partial charge is 0.328 e. The molecule has 0 aliphatic heterocycles. The first kappa shape index (κ1) is 12.2. The lowest BCUT2D eigenvalue weighted by molar-refractivity contribution is -0.131. The molecule has 2 nitrogen and oxygen atoms in total. The zero-order valence-electron chi connectivity index (χ0n) is 9.46. The average molecular weight is 254 g/mol. The van der Waals surface area contributed by atoms with Gasteiger partial charge in [0.25, 0.3) is 0 Å². The molecule has 1 heterocycles. The van der Waals surface area contributed by atoms with Crippen LogP contribution in [0.15, 0.2) is 48.5 Å². The summed E-state index contributed by atoms with van der Waals surface area (Å²) < 4.78 is 0. The predicted molar refractivity (Wildman–Crippen MR) is 73.4 cm³/mol. The first-order valence-electron chi connectivity index (χ1n) is 5.32. The maximum atomic E-state index is 10.4. The molecule has 0 unspecified atom stereocenters. The van der Waals surface area contributed by atoms with Gasteiger partial charge in [-0.2, -0.15) is 0 Å². The Hall–Kier alpha value is -2.31. The van der Waals surface area contributed by atoms with Gasteiger partial charge in [0.15, 0.2) is 0 Å². The summed E-state index contributed by atoms with van der Waals surface area (Å²) in [6.45, 7) is 0. The summed E-state index contributed by atoms with van der Waals surface area (Å²) in [5.41, 5.74) is 0.966. The van der Waals surface area contributed by atoms with Crippen molar-refractivity contribution in [2.75, 3.05) is 0 Å².